The van der Waals surface area contributed by atoms with Gasteiger partial charge in [-0.15, -0.1) is 19.0 Å². The maximum Gasteiger partial charge on any atom is 0.231 e. The van der Waals surface area contributed by atoms with Crippen LogP contribution in [0.2, 0.25) is 0 Å². The zero-order valence-corrected chi connectivity index (χ0v) is 11.9. The van der Waals surface area contributed by atoms with Gasteiger partial charge in [-0.25, -0.2) is 0 Å². The van der Waals surface area contributed by atoms with Gasteiger partial charge >= 0.3 is 0 Å². The fourth-order valence-corrected chi connectivity index (χ4v) is 2.32. The van der Waals surface area contributed by atoms with Gasteiger partial charge in [0.15, 0.2) is 11.5 Å². The third-order valence-corrected chi connectivity index (χ3v) is 3.15. The Bertz CT molecular complexity index is 437. The van der Waals surface area contributed by atoms with E-state index in [2.05, 4.69) is 22.5 Å². The lowest BCUT2D eigenvalue weighted by Crippen LogP contribution is -2.11. The summed E-state index contributed by atoms with van der Waals surface area (Å²) in [7, 11) is 0. The number of fused-ring (bicyclic) bond motifs is 1. The Balaban J connectivity index is 0.00000144. The lowest BCUT2D eigenvalue weighted by molar-refractivity contribution is 0.174. The summed E-state index contributed by atoms with van der Waals surface area (Å²) in [5.74, 6) is 1.52. The van der Waals surface area contributed by atoms with Crippen LogP contribution in [0.5, 0.6) is 11.5 Å². The highest BCUT2D eigenvalue weighted by molar-refractivity contribution is 9.10. The maximum atomic E-state index is 6.10. The SMILES string of the molecule is C=C(C)C[C@@H](N)c1cc2c(cc1Br)OCO2.Cl. The van der Waals surface area contributed by atoms with Crippen molar-refractivity contribution >= 4 is 28.3 Å². The number of nitrogens with two attached hydrogens (primary N) is 1. The fourth-order valence-electron chi connectivity index (χ4n) is 1.70. The van der Waals surface area contributed by atoms with E-state index >= 15 is 0 Å². The predicted molar refractivity (Wildman–Crippen MR) is 73.9 cm³/mol. The topological polar surface area (TPSA) is 44.5 Å². The van der Waals surface area contributed by atoms with Gasteiger partial charge < -0.3 is 15.2 Å². The quantitative estimate of drug-likeness (QED) is 0.866. The summed E-state index contributed by atoms with van der Waals surface area (Å²) >= 11 is 3.50. The van der Waals surface area contributed by atoms with Crippen LogP contribution in [0.4, 0.5) is 0 Å². The molecule has 1 atom stereocenters. The summed E-state index contributed by atoms with van der Waals surface area (Å²) in [6.45, 7) is 6.12. The van der Waals surface area contributed by atoms with E-state index in [4.69, 9.17) is 15.2 Å². The Morgan fingerprint density at radius 2 is 2.06 bits per heavy atom. The number of hydrogen-bond acceptors (Lipinski definition) is 3. The van der Waals surface area contributed by atoms with Gasteiger partial charge in [-0.05, 0) is 31.0 Å². The molecule has 0 fully saturated rings. The van der Waals surface area contributed by atoms with E-state index in [0.717, 1.165) is 33.5 Å². The average molecular weight is 321 g/mol. The van der Waals surface area contributed by atoms with Crippen molar-refractivity contribution in [3.05, 3.63) is 34.3 Å². The Morgan fingerprint density at radius 3 is 2.65 bits per heavy atom. The first-order valence-corrected chi connectivity index (χ1v) is 5.86. The van der Waals surface area contributed by atoms with E-state index in [1.807, 2.05) is 19.1 Å². The molecule has 1 aliphatic heterocycles. The third kappa shape index (κ3) is 3.15. The molecule has 0 aromatic heterocycles. The van der Waals surface area contributed by atoms with Crippen molar-refractivity contribution in [3.8, 4) is 11.5 Å². The van der Waals surface area contributed by atoms with Crippen molar-refractivity contribution in [1.82, 2.24) is 0 Å². The van der Waals surface area contributed by atoms with E-state index in [0.29, 0.717) is 0 Å². The molecule has 2 N–H and O–H groups in total. The number of hydrogen-bond donors (Lipinski definition) is 1. The van der Waals surface area contributed by atoms with Crippen molar-refractivity contribution in [2.45, 2.75) is 19.4 Å². The first-order valence-electron chi connectivity index (χ1n) is 5.07. The lowest BCUT2D eigenvalue weighted by Gasteiger charge is -2.14. The van der Waals surface area contributed by atoms with Crippen molar-refractivity contribution in [2.75, 3.05) is 6.79 Å². The molecular formula is C12H15BrClNO2. The van der Waals surface area contributed by atoms with Crippen LogP contribution in [0.25, 0.3) is 0 Å². The molecule has 2 rings (SSSR count). The summed E-state index contributed by atoms with van der Waals surface area (Å²) in [4.78, 5) is 0. The van der Waals surface area contributed by atoms with Gasteiger partial charge in [0.05, 0.1) is 0 Å². The van der Waals surface area contributed by atoms with Gasteiger partial charge in [-0.3, -0.25) is 0 Å². The normalized spacial score (nSPS) is 14.1. The second kappa shape index (κ2) is 5.76. The molecule has 3 nitrogen and oxygen atoms in total. The summed E-state index contributed by atoms with van der Waals surface area (Å²) in [6.07, 6.45) is 0.762. The summed E-state index contributed by atoms with van der Waals surface area (Å²) < 4.78 is 11.6. The van der Waals surface area contributed by atoms with E-state index in [1.54, 1.807) is 0 Å². The molecule has 94 valence electrons. The molecule has 1 aromatic carbocycles. The summed E-state index contributed by atoms with van der Waals surface area (Å²) in [6, 6.07) is 3.76. The van der Waals surface area contributed by atoms with E-state index < -0.39 is 0 Å². The zero-order chi connectivity index (χ0) is 11.7. The molecule has 0 aliphatic carbocycles. The number of ether oxygens (including phenoxy) is 2. The van der Waals surface area contributed by atoms with Crippen LogP contribution in [-0.2, 0) is 0 Å². The zero-order valence-electron chi connectivity index (χ0n) is 9.53. The first kappa shape index (κ1) is 14.4. The van der Waals surface area contributed by atoms with Crippen LogP contribution in [0.3, 0.4) is 0 Å². The average Bonchev–Trinajstić information content (AvgIpc) is 2.61. The van der Waals surface area contributed by atoms with E-state index in [9.17, 15) is 0 Å². The Morgan fingerprint density at radius 1 is 1.47 bits per heavy atom. The van der Waals surface area contributed by atoms with Gasteiger partial charge in [-0.2, -0.15) is 0 Å². The van der Waals surface area contributed by atoms with E-state index in [-0.39, 0.29) is 25.2 Å². The molecule has 0 spiro atoms. The lowest BCUT2D eigenvalue weighted by atomic mass is 10.0. The molecule has 0 radical (unpaired) electrons. The van der Waals surface area contributed by atoms with Gasteiger partial charge in [-0.1, -0.05) is 21.5 Å². The minimum atomic E-state index is -0.0682. The number of benzene rings is 1. The third-order valence-electron chi connectivity index (χ3n) is 2.46. The van der Waals surface area contributed by atoms with Gasteiger partial charge in [0.2, 0.25) is 6.79 Å². The van der Waals surface area contributed by atoms with Crippen LogP contribution >= 0.6 is 28.3 Å². The monoisotopic (exact) mass is 319 g/mol. The Kier molecular flexibility index (Phi) is 4.86. The van der Waals surface area contributed by atoms with Crippen LogP contribution in [0, 0.1) is 0 Å². The number of halogens is 2. The first-order chi connectivity index (χ1) is 7.58. The highest BCUT2D eigenvalue weighted by atomic mass is 79.9. The van der Waals surface area contributed by atoms with E-state index in [1.165, 1.54) is 0 Å². The highest BCUT2D eigenvalue weighted by Gasteiger charge is 2.19. The fraction of sp³-hybridized carbons (Fsp3) is 0.333. The Hall–Kier alpha value is -0.710. The minimum absolute atomic E-state index is 0. The molecule has 0 saturated heterocycles. The molecule has 5 heteroatoms. The van der Waals surface area contributed by atoms with Crippen molar-refractivity contribution in [2.24, 2.45) is 5.73 Å². The minimum Gasteiger partial charge on any atom is -0.454 e. The predicted octanol–water partition coefficient (Wildman–Crippen LogP) is 3.57. The van der Waals surface area contributed by atoms with Gasteiger partial charge in [0, 0.05) is 10.5 Å². The molecule has 1 aromatic rings. The van der Waals surface area contributed by atoms with Crippen LogP contribution in [0.15, 0.2) is 28.8 Å². The molecular weight excluding hydrogens is 305 g/mol. The Labute approximate surface area is 116 Å². The van der Waals surface area contributed by atoms with Crippen LogP contribution in [0.1, 0.15) is 24.9 Å². The molecule has 0 bridgehead atoms. The molecule has 1 aliphatic rings. The maximum absolute atomic E-state index is 6.10. The molecule has 0 unspecified atom stereocenters. The summed E-state index contributed by atoms with van der Waals surface area (Å²) in [5.41, 5.74) is 8.19. The van der Waals surface area contributed by atoms with Crippen molar-refractivity contribution in [1.29, 1.82) is 0 Å². The van der Waals surface area contributed by atoms with Gasteiger partial charge in [0.1, 0.15) is 0 Å². The smallest absolute Gasteiger partial charge is 0.231 e. The molecule has 0 amide bonds. The van der Waals surface area contributed by atoms with Crippen LogP contribution in [-0.4, -0.2) is 6.79 Å². The molecule has 0 saturated carbocycles. The standard InChI is InChI=1S/C12H14BrNO2.ClH/c1-7(2)3-10(14)8-4-11-12(5-9(8)13)16-6-15-11;/h4-5,10H,1,3,6,14H2,2H3;1H/t10-;/m1./s1. The van der Waals surface area contributed by atoms with Crippen molar-refractivity contribution < 1.29 is 9.47 Å². The van der Waals surface area contributed by atoms with Gasteiger partial charge in [0.25, 0.3) is 0 Å². The second-order valence-corrected chi connectivity index (χ2v) is 4.85. The second-order valence-electron chi connectivity index (χ2n) is 3.99. The van der Waals surface area contributed by atoms with Crippen molar-refractivity contribution in [3.63, 3.8) is 0 Å². The summed E-state index contributed by atoms with van der Waals surface area (Å²) in [5, 5.41) is 0. The largest absolute Gasteiger partial charge is 0.454 e. The molecule has 1 heterocycles. The van der Waals surface area contributed by atoms with Crippen LogP contribution < -0.4 is 15.2 Å². The number of rotatable bonds is 3. The highest BCUT2D eigenvalue weighted by Crippen LogP contribution is 2.39. The molecule has 17 heavy (non-hydrogen) atoms.